The van der Waals surface area contributed by atoms with Crippen LogP contribution in [0, 0.1) is 0 Å². The minimum absolute atomic E-state index is 0.0667. The summed E-state index contributed by atoms with van der Waals surface area (Å²) in [6.45, 7) is 0.602. The monoisotopic (exact) mass is 324 g/mol. The number of carbonyl (C=O) groups excluding carboxylic acids is 1. The van der Waals surface area contributed by atoms with Crippen LogP contribution >= 0.6 is 0 Å². The molecule has 1 N–H and O–H groups in total. The van der Waals surface area contributed by atoms with E-state index in [0.29, 0.717) is 18.2 Å². The Morgan fingerprint density at radius 3 is 3.04 bits per heavy atom. The Labute approximate surface area is 139 Å². The number of fused-ring (bicyclic) bond motifs is 1. The molecule has 1 amide bonds. The predicted octanol–water partition coefficient (Wildman–Crippen LogP) is 1.70. The molecule has 0 saturated heterocycles. The second-order valence-corrected chi connectivity index (χ2v) is 6.26. The number of pyridine rings is 1. The van der Waals surface area contributed by atoms with E-state index >= 15 is 0 Å². The summed E-state index contributed by atoms with van der Waals surface area (Å²) in [7, 11) is 1.82. The summed E-state index contributed by atoms with van der Waals surface area (Å²) in [4.78, 5) is 12.3. The Kier molecular flexibility index (Phi) is 3.76. The molecule has 3 heterocycles. The molecule has 124 valence electrons. The Balaban J connectivity index is 1.31. The zero-order valence-corrected chi connectivity index (χ0v) is 13.6. The van der Waals surface area contributed by atoms with Crippen molar-refractivity contribution >= 4 is 11.6 Å². The maximum Gasteiger partial charge on any atom is 0.269 e. The lowest BCUT2D eigenvalue weighted by molar-refractivity contribution is 0.0943. The molecule has 4 rings (SSSR count). The van der Waals surface area contributed by atoms with Crippen LogP contribution in [0.3, 0.4) is 0 Å². The van der Waals surface area contributed by atoms with E-state index in [1.807, 2.05) is 41.9 Å². The van der Waals surface area contributed by atoms with Crippen molar-refractivity contribution < 1.29 is 4.79 Å². The van der Waals surface area contributed by atoms with Crippen molar-refractivity contribution in [2.75, 3.05) is 6.54 Å². The van der Waals surface area contributed by atoms with E-state index < -0.39 is 0 Å². The van der Waals surface area contributed by atoms with Gasteiger partial charge in [0.05, 0.1) is 5.69 Å². The molecule has 1 aliphatic carbocycles. The predicted molar refractivity (Wildman–Crippen MR) is 88.8 cm³/mol. The molecule has 3 aromatic rings. The largest absolute Gasteiger partial charge is 0.351 e. The van der Waals surface area contributed by atoms with Gasteiger partial charge >= 0.3 is 0 Å². The van der Waals surface area contributed by atoms with E-state index in [4.69, 9.17) is 0 Å². The maximum absolute atomic E-state index is 12.3. The summed E-state index contributed by atoms with van der Waals surface area (Å²) in [5, 5.41) is 15.7. The van der Waals surface area contributed by atoms with Crippen LogP contribution in [0.15, 0.2) is 30.5 Å². The standard InChI is InChI=1S/C17H20N6O/c1-22-14(11-13(21-22)12-7-8-12)17(24)18-9-4-6-16-20-19-15-5-2-3-10-23(15)16/h2-3,5,10-12H,4,6-9H2,1H3,(H,18,24). The first-order valence-electron chi connectivity index (χ1n) is 8.33. The van der Waals surface area contributed by atoms with Crippen molar-refractivity contribution in [3.05, 3.63) is 47.7 Å². The smallest absolute Gasteiger partial charge is 0.269 e. The molecule has 0 unspecified atom stereocenters. The molecule has 24 heavy (non-hydrogen) atoms. The molecule has 0 aliphatic heterocycles. The van der Waals surface area contributed by atoms with Gasteiger partial charge in [-0.05, 0) is 37.5 Å². The number of rotatable bonds is 6. The summed E-state index contributed by atoms with van der Waals surface area (Å²) in [5.74, 6) is 1.40. The van der Waals surface area contributed by atoms with E-state index in [0.717, 1.165) is 30.0 Å². The van der Waals surface area contributed by atoms with Gasteiger partial charge in [0.2, 0.25) is 0 Å². The molecule has 0 bridgehead atoms. The van der Waals surface area contributed by atoms with Gasteiger partial charge in [0.1, 0.15) is 11.5 Å². The van der Waals surface area contributed by atoms with Crippen molar-refractivity contribution in [3.63, 3.8) is 0 Å². The summed E-state index contributed by atoms with van der Waals surface area (Å²) in [6, 6.07) is 7.75. The number of carbonyl (C=O) groups is 1. The van der Waals surface area contributed by atoms with Crippen LogP contribution in [0.1, 0.15) is 47.2 Å². The minimum atomic E-state index is -0.0667. The molecule has 1 aliphatic rings. The lowest BCUT2D eigenvalue weighted by Gasteiger charge is -2.05. The third-order valence-corrected chi connectivity index (χ3v) is 4.37. The van der Waals surface area contributed by atoms with Gasteiger partial charge in [-0.1, -0.05) is 6.07 Å². The number of aromatic nitrogens is 5. The minimum Gasteiger partial charge on any atom is -0.351 e. The zero-order chi connectivity index (χ0) is 16.5. The van der Waals surface area contributed by atoms with Gasteiger partial charge in [-0.15, -0.1) is 10.2 Å². The Hall–Kier alpha value is -2.70. The summed E-state index contributed by atoms with van der Waals surface area (Å²) < 4.78 is 3.65. The Bertz CT molecular complexity index is 876. The van der Waals surface area contributed by atoms with E-state index in [2.05, 4.69) is 20.6 Å². The van der Waals surface area contributed by atoms with Crippen molar-refractivity contribution in [3.8, 4) is 0 Å². The molecular formula is C17H20N6O. The highest BCUT2D eigenvalue weighted by atomic mass is 16.2. The van der Waals surface area contributed by atoms with Gasteiger partial charge in [-0.3, -0.25) is 13.9 Å². The number of hydrogen-bond donors (Lipinski definition) is 1. The second-order valence-electron chi connectivity index (χ2n) is 6.26. The second kappa shape index (κ2) is 6.07. The number of hydrogen-bond acceptors (Lipinski definition) is 4. The average Bonchev–Trinajstić information content (AvgIpc) is 3.25. The molecule has 7 nitrogen and oxygen atoms in total. The van der Waals surface area contributed by atoms with Gasteiger partial charge in [0, 0.05) is 32.1 Å². The first-order valence-corrected chi connectivity index (χ1v) is 8.33. The highest BCUT2D eigenvalue weighted by molar-refractivity contribution is 5.92. The van der Waals surface area contributed by atoms with Gasteiger partial charge in [0.25, 0.3) is 5.91 Å². The molecule has 0 aromatic carbocycles. The molecule has 0 atom stereocenters. The molecule has 0 spiro atoms. The summed E-state index contributed by atoms with van der Waals surface area (Å²) >= 11 is 0. The normalized spacial score (nSPS) is 14.2. The highest BCUT2D eigenvalue weighted by Gasteiger charge is 2.27. The molecule has 3 aromatic heterocycles. The Morgan fingerprint density at radius 1 is 1.33 bits per heavy atom. The highest BCUT2D eigenvalue weighted by Crippen LogP contribution is 2.39. The van der Waals surface area contributed by atoms with Crippen LogP contribution in [-0.4, -0.2) is 36.8 Å². The average molecular weight is 324 g/mol. The summed E-state index contributed by atoms with van der Waals surface area (Å²) in [6.07, 6.45) is 5.91. The van der Waals surface area contributed by atoms with Gasteiger partial charge < -0.3 is 5.32 Å². The third kappa shape index (κ3) is 2.89. The van der Waals surface area contributed by atoms with Gasteiger partial charge in [-0.2, -0.15) is 5.10 Å². The first-order chi connectivity index (χ1) is 11.7. The topological polar surface area (TPSA) is 77.1 Å². The van der Waals surface area contributed by atoms with Gasteiger partial charge in [0.15, 0.2) is 5.65 Å². The summed E-state index contributed by atoms with van der Waals surface area (Å²) in [5.41, 5.74) is 2.52. The van der Waals surface area contributed by atoms with Crippen LogP contribution in [0.4, 0.5) is 0 Å². The fraction of sp³-hybridized carbons (Fsp3) is 0.412. The lowest BCUT2D eigenvalue weighted by Crippen LogP contribution is -2.26. The van der Waals surface area contributed by atoms with Crippen LogP contribution in [0.5, 0.6) is 0 Å². The van der Waals surface area contributed by atoms with Crippen LogP contribution in [-0.2, 0) is 13.5 Å². The van der Waals surface area contributed by atoms with Crippen molar-refractivity contribution in [2.24, 2.45) is 7.05 Å². The Morgan fingerprint density at radius 2 is 2.21 bits per heavy atom. The van der Waals surface area contributed by atoms with E-state index in [9.17, 15) is 4.79 Å². The molecule has 7 heteroatoms. The van der Waals surface area contributed by atoms with Crippen molar-refractivity contribution in [1.82, 2.24) is 29.7 Å². The fourth-order valence-corrected chi connectivity index (χ4v) is 2.88. The third-order valence-electron chi connectivity index (χ3n) is 4.37. The van der Waals surface area contributed by atoms with Crippen molar-refractivity contribution in [2.45, 2.75) is 31.6 Å². The molecule has 1 saturated carbocycles. The number of nitrogens with one attached hydrogen (secondary N) is 1. The van der Waals surface area contributed by atoms with E-state index in [-0.39, 0.29) is 5.91 Å². The van der Waals surface area contributed by atoms with E-state index in [1.165, 1.54) is 12.8 Å². The molecule has 0 radical (unpaired) electrons. The van der Waals surface area contributed by atoms with Crippen LogP contribution in [0.2, 0.25) is 0 Å². The van der Waals surface area contributed by atoms with Crippen LogP contribution in [0.25, 0.3) is 5.65 Å². The maximum atomic E-state index is 12.3. The van der Waals surface area contributed by atoms with E-state index in [1.54, 1.807) is 4.68 Å². The number of aryl methyl sites for hydroxylation is 2. The molecular weight excluding hydrogens is 304 g/mol. The number of amides is 1. The quantitative estimate of drug-likeness (QED) is 0.700. The van der Waals surface area contributed by atoms with Crippen molar-refractivity contribution in [1.29, 1.82) is 0 Å². The van der Waals surface area contributed by atoms with Crippen LogP contribution < -0.4 is 5.32 Å². The lowest BCUT2D eigenvalue weighted by atomic mass is 10.2. The SMILES string of the molecule is Cn1nc(C2CC2)cc1C(=O)NCCCc1nnc2ccccn12. The molecule has 1 fully saturated rings. The number of nitrogens with zero attached hydrogens (tertiary/aromatic N) is 5. The van der Waals surface area contributed by atoms with Gasteiger partial charge in [-0.25, -0.2) is 0 Å². The first kappa shape index (κ1) is 14.9. The fourth-order valence-electron chi connectivity index (χ4n) is 2.88. The zero-order valence-electron chi connectivity index (χ0n) is 13.6.